The molecule has 4 heteroatoms. The van der Waals surface area contributed by atoms with Crippen molar-refractivity contribution in [3.05, 3.63) is 0 Å². The second-order valence-corrected chi connectivity index (χ2v) is 6.54. The second-order valence-electron chi connectivity index (χ2n) is 6.54. The average molecular weight is 267 g/mol. The van der Waals surface area contributed by atoms with Crippen LogP contribution in [0.2, 0.25) is 0 Å². The summed E-state index contributed by atoms with van der Waals surface area (Å²) in [5.41, 5.74) is 0. The van der Waals surface area contributed by atoms with Crippen LogP contribution >= 0.6 is 0 Å². The van der Waals surface area contributed by atoms with E-state index >= 15 is 0 Å². The molecule has 0 bridgehead atoms. The van der Waals surface area contributed by atoms with Crippen LogP contribution < -0.4 is 5.32 Å². The average Bonchev–Trinajstić information content (AvgIpc) is 3.20. The summed E-state index contributed by atoms with van der Waals surface area (Å²) in [7, 11) is 1.96. The van der Waals surface area contributed by atoms with E-state index in [1.165, 1.54) is 25.7 Å². The molecule has 0 radical (unpaired) electrons. The molecule has 1 saturated carbocycles. The van der Waals surface area contributed by atoms with Crippen molar-refractivity contribution in [2.24, 2.45) is 5.92 Å². The zero-order valence-corrected chi connectivity index (χ0v) is 12.7. The number of carbonyl (C=O) groups is 1. The van der Waals surface area contributed by atoms with Crippen LogP contribution in [-0.4, -0.2) is 61.0 Å². The number of hydrogen-bond acceptors (Lipinski definition) is 3. The molecule has 19 heavy (non-hydrogen) atoms. The maximum atomic E-state index is 12.1. The molecule has 1 heterocycles. The minimum Gasteiger partial charge on any atom is -0.342 e. The van der Waals surface area contributed by atoms with Gasteiger partial charge in [-0.15, -0.1) is 0 Å². The van der Waals surface area contributed by atoms with Crippen molar-refractivity contribution in [1.82, 2.24) is 15.1 Å². The van der Waals surface area contributed by atoms with Gasteiger partial charge in [-0.25, -0.2) is 0 Å². The largest absolute Gasteiger partial charge is 0.342 e. The highest BCUT2D eigenvalue weighted by Gasteiger charge is 2.31. The molecule has 1 aliphatic heterocycles. The summed E-state index contributed by atoms with van der Waals surface area (Å²) in [6, 6.07) is 1.09. The summed E-state index contributed by atoms with van der Waals surface area (Å²) >= 11 is 0. The lowest BCUT2D eigenvalue weighted by Gasteiger charge is -2.33. The minimum atomic E-state index is 0.306. The monoisotopic (exact) mass is 267 g/mol. The zero-order valence-electron chi connectivity index (χ0n) is 12.7. The molecular weight excluding hydrogens is 238 g/mol. The molecular formula is C15H29N3O. The Bertz CT molecular complexity index is 302. The highest BCUT2D eigenvalue weighted by Crippen LogP contribution is 2.25. The zero-order chi connectivity index (χ0) is 13.8. The van der Waals surface area contributed by atoms with E-state index in [0.29, 0.717) is 30.5 Å². The highest BCUT2D eigenvalue weighted by atomic mass is 16.2. The summed E-state index contributed by atoms with van der Waals surface area (Å²) in [6.07, 6.45) is 4.92. The molecule has 1 unspecified atom stereocenters. The molecule has 0 aromatic heterocycles. The van der Waals surface area contributed by atoms with Gasteiger partial charge in [-0.1, -0.05) is 13.8 Å². The third-order valence-corrected chi connectivity index (χ3v) is 4.26. The Morgan fingerprint density at radius 2 is 2.11 bits per heavy atom. The summed E-state index contributed by atoms with van der Waals surface area (Å²) in [5, 5.41) is 3.52. The first-order valence-electron chi connectivity index (χ1n) is 7.77. The molecule has 2 aliphatic rings. The topological polar surface area (TPSA) is 35.6 Å². The molecule has 4 nitrogen and oxygen atoms in total. The van der Waals surface area contributed by atoms with Gasteiger partial charge in [-0.3, -0.25) is 9.69 Å². The summed E-state index contributed by atoms with van der Waals surface area (Å²) < 4.78 is 0. The lowest BCUT2D eigenvalue weighted by molar-refractivity contribution is -0.132. The maximum absolute atomic E-state index is 12.1. The van der Waals surface area contributed by atoms with Gasteiger partial charge in [0, 0.05) is 25.7 Å². The minimum absolute atomic E-state index is 0.306. The number of piperidine rings is 1. The molecule has 1 atom stereocenters. The van der Waals surface area contributed by atoms with Crippen LogP contribution in [0.5, 0.6) is 0 Å². The van der Waals surface area contributed by atoms with Gasteiger partial charge in [0.25, 0.3) is 0 Å². The fourth-order valence-corrected chi connectivity index (χ4v) is 2.83. The Morgan fingerprint density at radius 1 is 1.37 bits per heavy atom. The first kappa shape index (κ1) is 14.8. The maximum Gasteiger partial charge on any atom is 0.236 e. The molecule has 1 saturated heterocycles. The van der Waals surface area contributed by atoms with Crippen LogP contribution in [0.15, 0.2) is 0 Å². The van der Waals surface area contributed by atoms with Gasteiger partial charge >= 0.3 is 0 Å². The highest BCUT2D eigenvalue weighted by molar-refractivity contribution is 5.78. The van der Waals surface area contributed by atoms with Crippen LogP contribution in [0.1, 0.15) is 39.5 Å². The Morgan fingerprint density at radius 3 is 2.74 bits per heavy atom. The SMILES string of the molecule is CC(C)NCC1CCCN(CC(=O)N(C)C2CC2)C1. The number of hydrogen-bond donors (Lipinski definition) is 1. The van der Waals surface area contributed by atoms with E-state index in [1.807, 2.05) is 11.9 Å². The van der Waals surface area contributed by atoms with E-state index in [4.69, 9.17) is 0 Å². The molecule has 1 aliphatic carbocycles. The second kappa shape index (κ2) is 6.71. The van der Waals surface area contributed by atoms with Crippen LogP contribution in [0.3, 0.4) is 0 Å². The molecule has 110 valence electrons. The van der Waals surface area contributed by atoms with E-state index in [9.17, 15) is 4.79 Å². The molecule has 0 aromatic rings. The van der Waals surface area contributed by atoms with Gasteiger partial charge in [0.05, 0.1) is 6.54 Å². The fourth-order valence-electron chi connectivity index (χ4n) is 2.83. The Labute approximate surface area is 117 Å². The van der Waals surface area contributed by atoms with Crippen LogP contribution in [0, 0.1) is 5.92 Å². The van der Waals surface area contributed by atoms with Gasteiger partial charge in [0.2, 0.25) is 5.91 Å². The molecule has 1 N–H and O–H groups in total. The predicted molar refractivity (Wildman–Crippen MR) is 78.1 cm³/mol. The van der Waals surface area contributed by atoms with Crippen LogP contribution in [0.4, 0.5) is 0 Å². The molecule has 0 spiro atoms. The Kier molecular flexibility index (Phi) is 5.22. The van der Waals surface area contributed by atoms with E-state index in [2.05, 4.69) is 24.1 Å². The first-order valence-corrected chi connectivity index (χ1v) is 7.77. The van der Waals surface area contributed by atoms with E-state index < -0.39 is 0 Å². The smallest absolute Gasteiger partial charge is 0.236 e. The van der Waals surface area contributed by atoms with Crippen molar-refractivity contribution in [2.45, 2.75) is 51.6 Å². The number of amides is 1. The number of nitrogens with zero attached hydrogens (tertiary/aromatic N) is 2. The van der Waals surface area contributed by atoms with Gasteiger partial charge < -0.3 is 10.2 Å². The predicted octanol–water partition coefficient (Wildman–Crippen LogP) is 1.32. The summed E-state index contributed by atoms with van der Waals surface area (Å²) in [4.78, 5) is 16.4. The first-order chi connectivity index (χ1) is 9.06. The number of likely N-dealkylation sites (N-methyl/N-ethyl adjacent to an activating group) is 1. The summed E-state index contributed by atoms with van der Waals surface area (Å²) in [6.45, 7) is 8.24. The lowest BCUT2D eigenvalue weighted by atomic mass is 9.97. The van der Waals surface area contributed by atoms with Gasteiger partial charge in [0.1, 0.15) is 0 Å². The van der Waals surface area contributed by atoms with Crippen LogP contribution in [0.25, 0.3) is 0 Å². The molecule has 2 rings (SSSR count). The van der Waals surface area contributed by atoms with Crippen molar-refractivity contribution in [2.75, 3.05) is 33.2 Å². The third-order valence-electron chi connectivity index (χ3n) is 4.26. The van der Waals surface area contributed by atoms with E-state index in [-0.39, 0.29) is 0 Å². The summed E-state index contributed by atoms with van der Waals surface area (Å²) in [5.74, 6) is 1.01. The standard InChI is InChI=1S/C15H29N3O/c1-12(2)16-9-13-5-4-8-18(10-13)11-15(19)17(3)14-6-7-14/h12-14,16H,4-11H2,1-3H3. The molecule has 0 aromatic carbocycles. The number of nitrogens with one attached hydrogen (secondary N) is 1. The number of rotatable bonds is 6. The van der Waals surface area contributed by atoms with E-state index in [1.54, 1.807) is 0 Å². The lowest BCUT2D eigenvalue weighted by Crippen LogP contribution is -2.45. The third kappa shape index (κ3) is 4.77. The van der Waals surface area contributed by atoms with Crippen molar-refractivity contribution in [1.29, 1.82) is 0 Å². The van der Waals surface area contributed by atoms with Crippen molar-refractivity contribution >= 4 is 5.91 Å². The molecule has 1 amide bonds. The van der Waals surface area contributed by atoms with Crippen molar-refractivity contribution < 1.29 is 4.79 Å². The van der Waals surface area contributed by atoms with E-state index in [0.717, 1.165) is 19.6 Å². The number of likely N-dealkylation sites (tertiary alicyclic amines) is 1. The fraction of sp³-hybridized carbons (Fsp3) is 0.933. The van der Waals surface area contributed by atoms with Gasteiger partial charge in [-0.2, -0.15) is 0 Å². The van der Waals surface area contributed by atoms with Crippen molar-refractivity contribution in [3.8, 4) is 0 Å². The molecule has 2 fully saturated rings. The van der Waals surface area contributed by atoms with Crippen LogP contribution in [-0.2, 0) is 4.79 Å². The quantitative estimate of drug-likeness (QED) is 0.788. The van der Waals surface area contributed by atoms with Gasteiger partial charge in [-0.05, 0) is 44.7 Å². The van der Waals surface area contributed by atoms with Crippen molar-refractivity contribution in [3.63, 3.8) is 0 Å². The Hall–Kier alpha value is -0.610. The van der Waals surface area contributed by atoms with Gasteiger partial charge in [0.15, 0.2) is 0 Å². The Balaban J connectivity index is 1.72. The number of carbonyl (C=O) groups excluding carboxylic acids is 1. The normalized spacial score (nSPS) is 24.7.